The van der Waals surface area contributed by atoms with E-state index in [1.54, 1.807) is 35.4 Å². The number of carboxylic acids is 1. The molecule has 1 aliphatic rings. The number of hydrogen-bond acceptors (Lipinski definition) is 6. The SMILES string of the molecule is CN(CC(=O)O)CC1CN(c2nc(-c3ccc(F)cc3)cs2)CCO1. The first-order chi connectivity index (χ1) is 12.0. The van der Waals surface area contributed by atoms with Gasteiger partial charge in [0.05, 0.1) is 24.9 Å². The maximum absolute atomic E-state index is 13.0. The summed E-state index contributed by atoms with van der Waals surface area (Å²) in [6.45, 7) is 2.54. The molecule has 0 saturated carbocycles. The molecule has 8 heteroatoms. The number of carboxylic acid groups (broad SMARTS) is 1. The smallest absolute Gasteiger partial charge is 0.317 e. The van der Waals surface area contributed by atoms with Crippen molar-refractivity contribution in [3.63, 3.8) is 0 Å². The highest BCUT2D eigenvalue weighted by Crippen LogP contribution is 2.28. The van der Waals surface area contributed by atoms with Crippen molar-refractivity contribution in [3.05, 3.63) is 35.5 Å². The Bertz CT molecular complexity index is 722. The molecule has 1 N–H and O–H groups in total. The zero-order valence-corrected chi connectivity index (χ0v) is 14.7. The summed E-state index contributed by atoms with van der Waals surface area (Å²) >= 11 is 1.54. The molecule has 2 heterocycles. The number of halogens is 1. The van der Waals surface area contributed by atoms with Gasteiger partial charge in [0.2, 0.25) is 0 Å². The van der Waals surface area contributed by atoms with Crippen LogP contribution in [-0.2, 0) is 9.53 Å². The van der Waals surface area contributed by atoms with Crippen molar-refractivity contribution in [1.29, 1.82) is 0 Å². The standard InChI is InChI=1S/C17H20FN3O3S/c1-20(10-16(22)23)8-14-9-21(6-7-24-14)17-19-15(11-25-17)12-2-4-13(18)5-3-12/h2-5,11,14H,6-10H2,1H3,(H,22,23). The summed E-state index contributed by atoms with van der Waals surface area (Å²) in [4.78, 5) is 19.3. The summed E-state index contributed by atoms with van der Waals surface area (Å²) < 4.78 is 18.8. The summed E-state index contributed by atoms with van der Waals surface area (Å²) in [6.07, 6.45) is -0.0590. The van der Waals surface area contributed by atoms with Gasteiger partial charge in [-0.1, -0.05) is 0 Å². The van der Waals surface area contributed by atoms with Gasteiger partial charge in [-0.2, -0.15) is 0 Å². The summed E-state index contributed by atoms with van der Waals surface area (Å²) in [7, 11) is 1.77. The Hall–Kier alpha value is -2.03. The van der Waals surface area contributed by atoms with E-state index >= 15 is 0 Å². The van der Waals surface area contributed by atoms with Gasteiger partial charge < -0.3 is 14.7 Å². The molecule has 2 aromatic rings. The average molecular weight is 365 g/mol. The van der Waals surface area contributed by atoms with Crippen molar-refractivity contribution < 1.29 is 19.0 Å². The lowest BCUT2D eigenvalue weighted by molar-refractivity contribution is -0.138. The van der Waals surface area contributed by atoms with Crippen LogP contribution in [0.1, 0.15) is 0 Å². The Kier molecular flexibility index (Phi) is 5.62. The molecular formula is C17H20FN3O3S. The van der Waals surface area contributed by atoms with Crippen LogP contribution in [0.2, 0.25) is 0 Å². The van der Waals surface area contributed by atoms with E-state index in [0.717, 1.165) is 22.9 Å². The zero-order valence-electron chi connectivity index (χ0n) is 13.9. The van der Waals surface area contributed by atoms with Gasteiger partial charge >= 0.3 is 5.97 Å². The Balaban J connectivity index is 1.63. The normalized spacial score (nSPS) is 17.9. The lowest BCUT2D eigenvalue weighted by atomic mass is 10.2. The minimum absolute atomic E-state index is 0.00811. The van der Waals surface area contributed by atoms with Crippen LogP contribution in [-0.4, -0.2) is 66.9 Å². The Morgan fingerprint density at radius 2 is 2.24 bits per heavy atom. The molecule has 0 amide bonds. The van der Waals surface area contributed by atoms with E-state index in [1.807, 2.05) is 5.38 Å². The van der Waals surface area contributed by atoms with E-state index in [2.05, 4.69) is 9.88 Å². The minimum atomic E-state index is -0.848. The number of morpholine rings is 1. The van der Waals surface area contributed by atoms with Crippen LogP contribution in [0.4, 0.5) is 9.52 Å². The van der Waals surface area contributed by atoms with Crippen LogP contribution in [0.3, 0.4) is 0 Å². The van der Waals surface area contributed by atoms with Crippen LogP contribution >= 0.6 is 11.3 Å². The molecule has 134 valence electrons. The highest BCUT2D eigenvalue weighted by molar-refractivity contribution is 7.14. The zero-order chi connectivity index (χ0) is 17.8. The molecule has 0 bridgehead atoms. The lowest BCUT2D eigenvalue weighted by Gasteiger charge is -2.34. The van der Waals surface area contributed by atoms with Crippen molar-refractivity contribution >= 4 is 22.4 Å². The summed E-state index contributed by atoms with van der Waals surface area (Å²) in [5.41, 5.74) is 1.71. The first kappa shape index (κ1) is 17.8. The molecular weight excluding hydrogens is 345 g/mol. The number of carbonyl (C=O) groups is 1. The highest BCUT2D eigenvalue weighted by Gasteiger charge is 2.24. The van der Waals surface area contributed by atoms with Crippen molar-refractivity contribution in [2.75, 3.05) is 44.7 Å². The van der Waals surface area contributed by atoms with Gasteiger partial charge in [0.15, 0.2) is 5.13 Å². The Morgan fingerprint density at radius 1 is 1.48 bits per heavy atom. The molecule has 0 aliphatic carbocycles. The molecule has 6 nitrogen and oxygen atoms in total. The molecule has 3 rings (SSSR count). The molecule has 0 radical (unpaired) electrons. The van der Waals surface area contributed by atoms with Gasteiger partial charge in [-0.25, -0.2) is 9.37 Å². The van der Waals surface area contributed by atoms with Crippen LogP contribution < -0.4 is 4.90 Å². The second-order valence-corrected chi connectivity index (χ2v) is 6.89. The van der Waals surface area contributed by atoms with Crippen LogP contribution in [0.5, 0.6) is 0 Å². The number of rotatable bonds is 6. The maximum Gasteiger partial charge on any atom is 0.317 e. The topological polar surface area (TPSA) is 65.9 Å². The van der Waals surface area contributed by atoms with Gasteiger partial charge in [0, 0.05) is 30.6 Å². The van der Waals surface area contributed by atoms with E-state index in [0.29, 0.717) is 19.7 Å². The summed E-state index contributed by atoms with van der Waals surface area (Å²) in [5.74, 6) is -1.11. The predicted octanol–water partition coefficient (Wildman–Crippen LogP) is 2.17. The second-order valence-electron chi connectivity index (χ2n) is 6.05. The fraction of sp³-hybridized carbons (Fsp3) is 0.412. The molecule has 0 spiro atoms. The number of thiazole rings is 1. The number of benzene rings is 1. The Morgan fingerprint density at radius 3 is 2.96 bits per heavy atom. The van der Waals surface area contributed by atoms with Gasteiger partial charge in [0.1, 0.15) is 5.82 Å². The summed E-state index contributed by atoms with van der Waals surface area (Å²) in [5, 5.41) is 11.7. The first-order valence-electron chi connectivity index (χ1n) is 7.99. The fourth-order valence-corrected chi connectivity index (χ4v) is 3.68. The van der Waals surface area contributed by atoms with E-state index < -0.39 is 5.97 Å². The van der Waals surface area contributed by atoms with Crippen molar-refractivity contribution in [3.8, 4) is 11.3 Å². The summed E-state index contributed by atoms with van der Waals surface area (Å²) in [6, 6.07) is 6.29. The molecule has 1 saturated heterocycles. The number of hydrogen-bond donors (Lipinski definition) is 1. The number of aliphatic carboxylic acids is 1. The second kappa shape index (κ2) is 7.90. The molecule has 1 aliphatic heterocycles. The average Bonchev–Trinajstić information content (AvgIpc) is 3.05. The third-order valence-electron chi connectivity index (χ3n) is 3.96. The van der Waals surface area contributed by atoms with Gasteiger partial charge in [-0.3, -0.25) is 9.69 Å². The Labute approximate surface area is 149 Å². The van der Waals surface area contributed by atoms with Crippen LogP contribution in [0.25, 0.3) is 11.3 Å². The van der Waals surface area contributed by atoms with E-state index in [1.165, 1.54) is 12.1 Å². The third-order valence-corrected chi connectivity index (χ3v) is 4.86. The monoisotopic (exact) mass is 365 g/mol. The van der Waals surface area contributed by atoms with Gasteiger partial charge in [-0.15, -0.1) is 11.3 Å². The highest BCUT2D eigenvalue weighted by atomic mass is 32.1. The van der Waals surface area contributed by atoms with E-state index in [-0.39, 0.29) is 18.5 Å². The molecule has 1 atom stereocenters. The molecule has 1 fully saturated rings. The molecule has 25 heavy (non-hydrogen) atoms. The number of aromatic nitrogens is 1. The van der Waals surface area contributed by atoms with Crippen LogP contribution in [0.15, 0.2) is 29.6 Å². The number of nitrogens with zero attached hydrogens (tertiary/aromatic N) is 3. The lowest BCUT2D eigenvalue weighted by Crippen LogP contribution is -2.47. The number of likely N-dealkylation sites (N-methyl/N-ethyl adjacent to an activating group) is 1. The van der Waals surface area contributed by atoms with Crippen molar-refractivity contribution in [2.45, 2.75) is 6.10 Å². The largest absolute Gasteiger partial charge is 0.480 e. The predicted molar refractivity (Wildman–Crippen MR) is 94.6 cm³/mol. The van der Waals surface area contributed by atoms with Crippen LogP contribution in [0, 0.1) is 5.82 Å². The molecule has 1 aromatic carbocycles. The van der Waals surface area contributed by atoms with E-state index in [4.69, 9.17) is 9.84 Å². The van der Waals surface area contributed by atoms with Gasteiger partial charge in [0.25, 0.3) is 0 Å². The maximum atomic E-state index is 13.0. The number of anilines is 1. The van der Waals surface area contributed by atoms with Crippen molar-refractivity contribution in [1.82, 2.24) is 9.88 Å². The first-order valence-corrected chi connectivity index (χ1v) is 8.87. The van der Waals surface area contributed by atoms with E-state index in [9.17, 15) is 9.18 Å². The quantitative estimate of drug-likeness (QED) is 0.846. The van der Waals surface area contributed by atoms with Gasteiger partial charge in [-0.05, 0) is 31.3 Å². The third kappa shape index (κ3) is 4.75. The molecule has 1 unspecified atom stereocenters. The van der Waals surface area contributed by atoms with Crippen molar-refractivity contribution in [2.24, 2.45) is 0 Å². The number of ether oxygens (including phenoxy) is 1. The fourth-order valence-electron chi connectivity index (χ4n) is 2.81. The minimum Gasteiger partial charge on any atom is -0.480 e. The molecule has 1 aromatic heterocycles.